The van der Waals surface area contributed by atoms with E-state index in [9.17, 15) is 0 Å². The van der Waals surface area contributed by atoms with Crippen molar-refractivity contribution in [2.24, 2.45) is 0 Å². The maximum Gasteiger partial charge on any atom is 0.163 e. The van der Waals surface area contributed by atoms with Crippen LogP contribution in [0.15, 0.2) is 48.6 Å². The number of anilines is 1. The predicted octanol–water partition coefficient (Wildman–Crippen LogP) is 3.63. The Morgan fingerprint density at radius 3 is 2.67 bits per heavy atom. The summed E-state index contributed by atoms with van der Waals surface area (Å²) in [6, 6.07) is 11.7. The molecule has 5 heteroatoms. The van der Waals surface area contributed by atoms with Crippen LogP contribution in [0, 0.1) is 0 Å². The van der Waals surface area contributed by atoms with Crippen molar-refractivity contribution in [3.05, 3.63) is 48.6 Å². The number of imidazole rings is 1. The monoisotopic (exact) mass is 321 g/mol. The zero-order valence-electron chi connectivity index (χ0n) is 13.6. The zero-order valence-corrected chi connectivity index (χ0v) is 13.6. The second kappa shape index (κ2) is 5.60. The molecule has 5 nitrogen and oxygen atoms in total. The van der Waals surface area contributed by atoms with Gasteiger partial charge in [-0.05, 0) is 19.1 Å². The van der Waals surface area contributed by atoms with Crippen molar-refractivity contribution >= 4 is 16.7 Å². The second-order valence-electron chi connectivity index (χ2n) is 6.09. The Hall–Kier alpha value is -2.95. The van der Waals surface area contributed by atoms with Crippen molar-refractivity contribution in [2.45, 2.75) is 13.5 Å². The van der Waals surface area contributed by atoms with Gasteiger partial charge in [-0.2, -0.15) is 0 Å². The summed E-state index contributed by atoms with van der Waals surface area (Å²) in [6.07, 6.45) is 0. The van der Waals surface area contributed by atoms with E-state index < -0.39 is 0 Å². The van der Waals surface area contributed by atoms with Crippen LogP contribution in [0.5, 0.6) is 11.5 Å². The van der Waals surface area contributed by atoms with Crippen LogP contribution in [-0.2, 0) is 6.54 Å². The summed E-state index contributed by atoms with van der Waals surface area (Å²) in [4.78, 5) is 4.82. The molecule has 1 aliphatic rings. The van der Waals surface area contributed by atoms with Crippen LogP contribution in [0.25, 0.3) is 22.4 Å². The molecular formula is C19H19N3O2. The fraction of sp³-hybridized carbons (Fsp3) is 0.211. The SMILES string of the molecule is C=C(C)Cn1c(-c2cccc(N)c2)nc2cc3c(cc21)OCCO3. The number of fused-ring (bicyclic) bond motifs is 2. The normalized spacial score (nSPS) is 13.2. The molecule has 3 aromatic rings. The zero-order chi connectivity index (χ0) is 16.7. The Morgan fingerprint density at radius 1 is 1.21 bits per heavy atom. The molecule has 0 bridgehead atoms. The standard InChI is InChI=1S/C19H19N3O2/c1-12(2)11-22-16-10-18-17(23-6-7-24-18)9-15(16)21-19(22)13-4-3-5-14(20)8-13/h3-5,8-10H,1,6-7,11,20H2,2H3. The van der Waals surface area contributed by atoms with Crippen LogP contribution in [0.1, 0.15) is 6.92 Å². The topological polar surface area (TPSA) is 62.3 Å². The van der Waals surface area contributed by atoms with Gasteiger partial charge >= 0.3 is 0 Å². The third kappa shape index (κ3) is 2.48. The minimum atomic E-state index is 0.563. The highest BCUT2D eigenvalue weighted by molar-refractivity contribution is 5.84. The Balaban J connectivity index is 1.96. The molecule has 24 heavy (non-hydrogen) atoms. The van der Waals surface area contributed by atoms with E-state index in [2.05, 4.69) is 11.1 Å². The Labute approximate surface area is 140 Å². The van der Waals surface area contributed by atoms with Gasteiger partial charge in [-0.3, -0.25) is 0 Å². The highest BCUT2D eigenvalue weighted by atomic mass is 16.6. The molecular weight excluding hydrogens is 302 g/mol. The molecule has 0 fully saturated rings. The lowest BCUT2D eigenvalue weighted by molar-refractivity contribution is 0.172. The van der Waals surface area contributed by atoms with E-state index in [4.69, 9.17) is 20.2 Å². The number of nitrogens with two attached hydrogens (primary N) is 1. The summed E-state index contributed by atoms with van der Waals surface area (Å²) < 4.78 is 13.5. The molecule has 1 aromatic heterocycles. The van der Waals surface area contributed by atoms with Crippen molar-refractivity contribution in [1.82, 2.24) is 9.55 Å². The van der Waals surface area contributed by atoms with Gasteiger partial charge in [-0.15, -0.1) is 0 Å². The summed E-state index contributed by atoms with van der Waals surface area (Å²) in [6.45, 7) is 7.86. The molecule has 0 radical (unpaired) electrons. The first kappa shape index (κ1) is 14.6. The average Bonchev–Trinajstić information content (AvgIpc) is 2.90. The lowest BCUT2D eigenvalue weighted by Gasteiger charge is -2.18. The number of hydrogen-bond acceptors (Lipinski definition) is 4. The smallest absolute Gasteiger partial charge is 0.163 e. The molecule has 0 saturated carbocycles. The van der Waals surface area contributed by atoms with E-state index >= 15 is 0 Å². The number of rotatable bonds is 3. The Morgan fingerprint density at radius 2 is 1.96 bits per heavy atom. The van der Waals surface area contributed by atoms with Crippen molar-refractivity contribution in [2.75, 3.05) is 18.9 Å². The van der Waals surface area contributed by atoms with E-state index in [1.54, 1.807) is 0 Å². The number of nitrogen functional groups attached to an aromatic ring is 1. The third-order valence-electron chi connectivity index (χ3n) is 3.99. The van der Waals surface area contributed by atoms with Gasteiger partial charge < -0.3 is 19.8 Å². The predicted molar refractivity (Wildman–Crippen MR) is 95.4 cm³/mol. The molecule has 0 aliphatic carbocycles. The lowest BCUT2D eigenvalue weighted by Crippen LogP contribution is -2.15. The lowest BCUT2D eigenvalue weighted by atomic mass is 10.2. The number of hydrogen-bond donors (Lipinski definition) is 1. The maximum absolute atomic E-state index is 5.95. The van der Waals surface area contributed by atoms with Gasteiger partial charge in [0.05, 0.1) is 11.0 Å². The first-order valence-corrected chi connectivity index (χ1v) is 7.92. The van der Waals surface area contributed by atoms with Crippen LogP contribution in [0.3, 0.4) is 0 Å². The van der Waals surface area contributed by atoms with Crippen LogP contribution in [0.4, 0.5) is 5.69 Å². The number of benzene rings is 2. The molecule has 0 spiro atoms. The first-order chi connectivity index (χ1) is 11.6. The van der Waals surface area contributed by atoms with Crippen LogP contribution >= 0.6 is 0 Å². The number of aromatic nitrogens is 2. The summed E-state index contributed by atoms with van der Waals surface area (Å²) in [5.41, 5.74) is 10.6. The van der Waals surface area contributed by atoms with E-state index in [0.717, 1.165) is 39.5 Å². The highest BCUT2D eigenvalue weighted by Gasteiger charge is 2.19. The fourth-order valence-electron chi connectivity index (χ4n) is 2.99. The van der Waals surface area contributed by atoms with Gasteiger partial charge in [-0.25, -0.2) is 4.98 Å². The van der Waals surface area contributed by atoms with Gasteiger partial charge in [0.2, 0.25) is 0 Å². The molecule has 1 aliphatic heterocycles. The average molecular weight is 321 g/mol. The molecule has 2 N–H and O–H groups in total. The summed E-state index contributed by atoms with van der Waals surface area (Å²) in [7, 11) is 0. The largest absolute Gasteiger partial charge is 0.486 e. The van der Waals surface area contributed by atoms with Gasteiger partial charge in [0.1, 0.15) is 19.0 Å². The molecule has 2 aromatic carbocycles. The van der Waals surface area contributed by atoms with Crippen molar-refractivity contribution in [1.29, 1.82) is 0 Å². The molecule has 4 rings (SSSR count). The highest BCUT2D eigenvalue weighted by Crippen LogP contribution is 2.36. The molecule has 122 valence electrons. The maximum atomic E-state index is 5.95. The van der Waals surface area contributed by atoms with Crippen LogP contribution in [-0.4, -0.2) is 22.8 Å². The van der Waals surface area contributed by atoms with E-state index in [1.807, 2.05) is 43.3 Å². The van der Waals surface area contributed by atoms with Crippen LogP contribution in [0.2, 0.25) is 0 Å². The van der Waals surface area contributed by atoms with Crippen molar-refractivity contribution in [3.63, 3.8) is 0 Å². The molecule has 0 amide bonds. The molecule has 2 heterocycles. The van der Waals surface area contributed by atoms with Gasteiger partial charge in [0, 0.05) is 29.9 Å². The summed E-state index contributed by atoms with van der Waals surface area (Å²) >= 11 is 0. The number of ether oxygens (including phenoxy) is 2. The van der Waals surface area contributed by atoms with Crippen molar-refractivity contribution in [3.8, 4) is 22.9 Å². The third-order valence-corrected chi connectivity index (χ3v) is 3.99. The Kier molecular flexibility index (Phi) is 3.41. The van der Waals surface area contributed by atoms with Crippen molar-refractivity contribution < 1.29 is 9.47 Å². The van der Waals surface area contributed by atoms with E-state index in [-0.39, 0.29) is 0 Å². The second-order valence-corrected chi connectivity index (χ2v) is 6.09. The first-order valence-electron chi connectivity index (χ1n) is 7.92. The minimum absolute atomic E-state index is 0.563. The Bertz CT molecular complexity index is 943. The minimum Gasteiger partial charge on any atom is -0.486 e. The molecule has 0 unspecified atom stereocenters. The number of allylic oxidation sites excluding steroid dienone is 1. The summed E-state index contributed by atoms with van der Waals surface area (Å²) in [5.74, 6) is 2.37. The summed E-state index contributed by atoms with van der Waals surface area (Å²) in [5, 5.41) is 0. The van der Waals surface area contributed by atoms with Crippen LogP contribution < -0.4 is 15.2 Å². The quantitative estimate of drug-likeness (QED) is 0.591. The molecule has 0 saturated heterocycles. The van der Waals surface area contributed by atoms with E-state index in [1.165, 1.54) is 0 Å². The van der Waals surface area contributed by atoms with E-state index in [0.29, 0.717) is 25.4 Å². The molecule has 0 atom stereocenters. The van der Waals surface area contributed by atoms with Gasteiger partial charge in [-0.1, -0.05) is 24.3 Å². The fourth-order valence-corrected chi connectivity index (χ4v) is 2.99. The van der Waals surface area contributed by atoms with Gasteiger partial charge in [0.25, 0.3) is 0 Å². The number of nitrogens with zero attached hydrogens (tertiary/aromatic N) is 2. The van der Waals surface area contributed by atoms with Gasteiger partial charge in [0.15, 0.2) is 11.5 Å².